The van der Waals surface area contributed by atoms with Crippen molar-refractivity contribution in [1.82, 2.24) is 25.9 Å². The van der Waals surface area contributed by atoms with Gasteiger partial charge < -0.3 is 5.32 Å². The van der Waals surface area contributed by atoms with Crippen molar-refractivity contribution in [3.63, 3.8) is 0 Å². The molecule has 126 valence electrons. The summed E-state index contributed by atoms with van der Waals surface area (Å²) in [5.74, 6) is 1.59. The number of amides is 1. The number of benzene rings is 1. The highest BCUT2D eigenvalue weighted by molar-refractivity contribution is 5.80. The molecule has 0 unspecified atom stereocenters. The van der Waals surface area contributed by atoms with Gasteiger partial charge in [0.05, 0.1) is 0 Å². The first kappa shape index (κ1) is 15.3. The topological polar surface area (TPSA) is 83.6 Å². The third kappa shape index (κ3) is 2.92. The van der Waals surface area contributed by atoms with Gasteiger partial charge in [0.2, 0.25) is 11.7 Å². The van der Waals surface area contributed by atoms with Crippen molar-refractivity contribution in [3.8, 4) is 11.4 Å². The van der Waals surface area contributed by atoms with E-state index in [9.17, 15) is 4.79 Å². The minimum Gasteiger partial charge on any atom is -0.353 e. The van der Waals surface area contributed by atoms with Crippen molar-refractivity contribution in [2.75, 3.05) is 0 Å². The quantitative estimate of drug-likeness (QED) is 0.905. The molecule has 6 nitrogen and oxygen atoms in total. The fraction of sp³-hybridized carbons (Fsp3) is 0.556. The molecule has 2 aliphatic carbocycles. The number of carbonyl (C=O) groups excluding carboxylic acids is 1. The average Bonchev–Trinajstić information content (AvgIpc) is 3.02. The number of rotatable bonds is 4. The fourth-order valence-electron chi connectivity index (χ4n) is 4.00. The molecule has 0 atom stereocenters. The van der Waals surface area contributed by atoms with Crippen LogP contribution in [-0.2, 0) is 4.79 Å². The molecule has 0 aliphatic heterocycles. The molecule has 0 bridgehead atoms. The molecule has 1 aromatic heterocycles. The van der Waals surface area contributed by atoms with Crippen molar-refractivity contribution in [1.29, 1.82) is 0 Å². The summed E-state index contributed by atoms with van der Waals surface area (Å²) >= 11 is 0. The summed E-state index contributed by atoms with van der Waals surface area (Å²) in [5.41, 5.74) is 2.61. The van der Waals surface area contributed by atoms with Crippen LogP contribution in [0, 0.1) is 11.3 Å². The lowest BCUT2D eigenvalue weighted by molar-refractivity contribution is -0.132. The highest BCUT2D eigenvalue weighted by Gasteiger charge is 2.42. The molecule has 1 amide bonds. The summed E-state index contributed by atoms with van der Waals surface area (Å²) in [5, 5.41) is 17.4. The van der Waals surface area contributed by atoms with Gasteiger partial charge >= 0.3 is 0 Å². The molecular formula is C18H23N5O. The Balaban J connectivity index is 1.31. The molecule has 1 heterocycles. The number of hydrogen-bond acceptors (Lipinski definition) is 4. The molecule has 2 N–H and O–H groups in total. The summed E-state index contributed by atoms with van der Waals surface area (Å²) < 4.78 is 0. The number of tetrazole rings is 1. The van der Waals surface area contributed by atoms with Gasteiger partial charge in [0.15, 0.2) is 0 Å². The summed E-state index contributed by atoms with van der Waals surface area (Å²) in [6.07, 6.45) is 4.05. The Morgan fingerprint density at radius 3 is 2.75 bits per heavy atom. The van der Waals surface area contributed by atoms with E-state index in [1.54, 1.807) is 0 Å². The summed E-state index contributed by atoms with van der Waals surface area (Å²) in [7, 11) is 0. The lowest BCUT2D eigenvalue weighted by atomic mass is 9.64. The van der Waals surface area contributed by atoms with Crippen LogP contribution in [0.15, 0.2) is 24.3 Å². The van der Waals surface area contributed by atoms with Crippen LogP contribution in [-0.4, -0.2) is 32.6 Å². The van der Waals surface area contributed by atoms with E-state index < -0.39 is 0 Å². The Hall–Kier alpha value is -2.24. The maximum absolute atomic E-state index is 12.2. The molecular weight excluding hydrogens is 302 g/mol. The molecule has 2 aromatic rings. The Bertz CT molecular complexity index is 726. The van der Waals surface area contributed by atoms with Gasteiger partial charge in [-0.25, -0.2) is 0 Å². The second-order valence-corrected chi connectivity index (χ2v) is 8.00. The SMILES string of the molecule is CC1(C)CC(C(=O)NC2CC(c3cccc(-c4nn[nH]n4)c3)C2)C1. The standard InChI is InChI=1S/C18H23N5O/c1-18(2)9-14(10-18)17(24)19-15-7-13(8-15)11-4-3-5-12(6-11)16-20-22-23-21-16/h3-6,13-15H,7-10H2,1-2H3,(H,19,24)(H,20,21,22,23). The minimum atomic E-state index is 0.223. The van der Waals surface area contributed by atoms with Gasteiger partial charge in [-0.3, -0.25) is 4.79 Å². The van der Waals surface area contributed by atoms with E-state index in [4.69, 9.17) is 0 Å². The first-order valence-corrected chi connectivity index (χ1v) is 8.64. The van der Waals surface area contributed by atoms with Crippen molar-refractivity contribution in [3.05, 3.63) is 29.8 Å². The van der Waals surface area contributed by atoms with E-state index in [1.165, 1.54) is 5.56 Å². The number of nitrogens with zero attached hydrogens (tertiary/aromatic N) is 3. The van der Waals surface area contributed by atoms with E-state index in [-0.39, 0.29) is 11.8 Å². The average molecular weight is 325 g/mol. The Labute approximate surface area is 141 Å². The first-order valence-electron chi connectivity index (χ1n) is 8.64. The normalized spacial score (nSPS) is 25.6. The minimum absolute atomic E-state index is 0.223. The van der Waals surface area contributed by atoms with Gasteiger partial charge in [0.1, 0.15) is 0 Å². The van der Waals surface area contributed by atoms with E-state index in [2.05, 4.69) is 51.9 Å². The number of carbonyl (C=O) groups is 1. The zero-order valence-electron chi connectivity index (χ0n) is 14.1. The first-order chi connectivity index (χ1) is 11.5. The van der Waals surface area contributed by atoms with Gasteiger partial charge in [-0.1, -0.05) is 32.0 Å². The van der Waals surface area contributed by atoms with Gasteiger partial charge in [-0.05, 0) is 53.9 Å². The second kappa shape index (κ2) is 5.69. The highest BCUT2D eigenvalue weighted by Crippen LogP contribution is 2.45. The van der Waals surface area contributed by atoms with Crippen LogP contribution in [0.25, 0.3) is 11.4 Å². The Kier molecular flexibility index (Phi) is 3.62. The Morgan fingerprint density at radius 1 is 1.29 bits per heavy atom. The van der Waals surface area contributed by atoms with Crippen LogP contribution in [0.3, 0.4) is 0 Å². The van der Waals surface area contributed by atoms with Gasteiger partial charge in [-0.15, -0.1) is 10.2 Å². The van der Waals surface area contributed by atoms with Crippen molar-refractivity contribution >= 4 is 5.91 Å². The molecule has 6 heteroatoms. The number of aromatic nitrogens is 4. The third-order valence-electron chi connectivity index (χ3n) is 5.41. The number of aromatic amines is 1. The van der Waals surface area contributed by atoms with Crippen molar-refractivity contribution in [2.45, 2.75) is 51.5 Å². The number of hydrogen-bond donors (Lipinski definition) is 2. The zero-order valence-corrected chi connectivity index (χ0v) is 14.1. The molecule has 0 radical (unpaired) electrons. The summed E-state index contributed by atoms with van der Waals surface area (Å²) in [4.78, 5) is 12.2. The van der Waals surface area contributed by atoms with Crippen LogP contribution in [0.4, 0.5) is 0 Å². The summed E-state index contributed by atoms with van der Waals surface area (Å²) in [6.45, 7) is 4.46. The van der Waals surface area contributed by atoms with Crippen molar-refractivity contribution in [2.24, 2.45) is 11.3 Å². The van der Waals surface area contributed by atoms with Gasteiger partial charge in [-0.2, -0.15) is 5.21 Å². The second-order valence-electron chi connectivity index (χ2n) is 8.00. The maximum atomic E-state index is 12.2. The third-order valence-corrected chi connectivity index (χ3v) is 5.41. The molecule has 0 saturated heterocycles. The summed E-state index contributed by atoms with van der Waals surface area (Å²) in [6, 6.07) is 8.61. The lowest BCUT2D eigenvalue weighted by Gasteiger charge is -2.43. The van der Waals surface area contributed by atoms with Crippen LogP contribution in [0.5, 0.6) is 0 Å². The van der Waals surface area contributed by atoms with Crippen LogP contribution in [0.2, 0.25) is 0 Å². The van der Waals surface area contributed by atoms with Crippen LogP contribution >= 0.6 is 0 Å². The van der Waals surface area contributed by atoms with E-state index in [0.29, 0.717) is 23.2 Å². The fourth-order valence-corrected chi connectivity index (χ4v) is 4.00. The molecule has 0 spiro atoms. The van der Waals surface area contributed by atoms with Gasteiger partial charge in [0.25, 0.3) is 0 Å². The van der Waals surface area contributed by atoms with Gasteiger partial charge in [0, 0.05) is 17.5 Å². The van der Waals surface area contributed by atoms with E-state index in [1.807, 2.05) is 12.1 Å². The van der Waals surface area contributed by atoms with Crippen LogP contribution in [0.1, 0.15) is 51.0 Å². The van der Waals surface area contributed by atoms with Crippen molar-refractivity contribution < 1.29 is 4.79 Å². The molecule has 4 rings (SSSR count). The molecule has 2 saturated carbocycles. The smallest absolute Gasteiger partial charge is 0.223 e. The lowest BCUT2D eigenvalue weighted by Crippen LogP contribution is -2.49. The predicted octanol–water partition coefficient (Wildman–Crippen LogP) is 2.67. The Morgan fingerprint density at radius 2 is 2.08 bits per heavy atom. The van der Waals surface area contributed by atoms with E-state index >= 15 is 0 Å². The molecule has 24 heavy (non-hydrogen) atoms. The van der Waals surface area contributed by atoms with E-state index in [0.717, 1.165) is 31.2 Å². The number of nitrogens with one attached hydrogen (secondary N) is 2. The maximum Gasteiger partial charge on any atom is 0.223 e. The number of H-pyrrole nitrogens is 1. The predicted molar refractivity (Wildman–Crippen MR) is 90.0 cm³/mol. The molecule has 2 fully saturated rings. The van der Waals surface area contributed by atoms with Crippen LogP contribution < -0.4 is 5.32 Å². The molecule has 2 aliphatic rings. The molecule has 1 aromatic carbocycles. The largest absolute Gasteiger partial charge is 0.353 e. The monoisotopic (exact) mass is 325 g/mol. The zero-order chi connectivity index (χ0) is 16.7. The highest BCUT2D eigenvalue weighted by atomic mass is 16.2.